The fourth-order valence-electron chi connectivity index (χ4n) is 3.82. The van der Waals surface area contributed by atoms with Crippen LogP contribution in [0.5, 0.6) is 0 Å². The highest BCUT2D eigenvalue weighted by Crippen LogP contribution is 2.23. The van der Waals surface area contributed by atoms with Gasteiger partial charge in [0.25, 0.3) is 11.1 Å². The van der Waals surface area contributed by atoms with Crippen LogP contribution < -0.4 is 22.5 Å². The maximum Gasteiger partial charge on any atom is 0.332 e. The third-order valence-electron chi connectivity index (χ3n) is 5.68. The van der Waals surface area contributed by atoms with E-state index < -0.39 is 17.0 Å². The summed E-state index contributed by atoms with van der Waals surface area (Å²) in [6.45, 7) is 4.10. The van der Waals surface area contributed by atoms with Gasteiger partial charge in [0, 0.05) is 13.6 Å². The molecule has 180 valence electrons. The predicted octanol–water partition coefficient (Wildman–Crippen LogP) is 2.52. The molecule has 0 amide bonds. The molecule has 0 aliphatic rings. The van der Waals surface area contributed by atoms with Crippen molar-refractivity contribution < 1.29 is 4.79 Å². The molecule has 0 aliphatic heterocycles. The third kappa shape index (κ3) is 4.44. The first-order valence-electron chi connectivity index (χ1n) is 11.1. The number of aromatic nitrogens is 4. The minimum atomic E-state index is -0.743. The van der Waals surface area contributed by atoms with E-state index in [0.29, 0.717) is 28.2 Å². The Balaban J connectivity index is 1.79. The predicted molar refractivity (Wildman–Crippen MR) is 138 cm³/mol. The Kier molecular flexibility index (Phi) is 6.74. The third-order valence-corrected chi connectivity index (χ3v) is 6.62. The summed E-state index contributed by atoms with van der Waals surface area (Å²) in [6.07, 6.45) is 0.606. The van der Waals surface area contributed by atoms with Crippen molar-refractivity contribution >= 4 is 34.3 Å². The minimum Gasteiger partial charge on any atom is -0.384 e. The van der Waals surface area contributed by atoms with Crippen molar-refractivity contribution in [1.29, 1.82) is 0 Å². The Hall–Kier alpha value is -3.92. The maximum absolute atomic E-state index is 13.4. The van der Waals surface area contributed by atoms with E-state index in [1.165, 1.54) is 16.2 Å². The Morgan fingerprint density at radius 3 is 2.40 bits per heavy atom. The molecule has 0 unspecified atom stereocenters. The first-order valence-corrected chi connectivity index (χ1v) is 12.1. The lowest BCUT2D eigenvalue weighted by molar-refractivity contribution is 0.102. The zero-order valence-electron chi connectivity index (χ0n) is 19.6. The van der Waals surface area contributed by atoms with Crippen molar-refractivity contribution in [1.82, 2.24) is 18.7 Å². The van der Waals surface area contributed by atoms with Crippen molar-refractivity contribution in [2.45, 2.75) is 32.0 Å². The molecule has 9 nitrogen and oxygen atoms in total. The fourth-order valence-corrected chi connectivity index (χ4v) is 4.70. The standard InChI is InChI=1S/C25H25N5O4S/c1-4-13-29-21(26)20(23(33)28(3)25(29)34)19(31)14-35-24-27-18-8-6-5-7-17(18)22(32)30(24)16-11-9-15(2)10-12-16/h5-12H,4,13-14,26H2,1-3H3. The zero-order chi connectivity index (χ0) is 25.3. The summed E-state index contributed by atoms with van der Waals surface area (Å²) in [7, 11) is 1.32. The number of carbonyl (C=O) groups is 1. The van der Waals surface area contributed by atoms with Gasteiger partial charge in [0.1, 0.15) is 11.4 Å². The van der Waals surface area contributed by atoms with E-state index in [1.54, 1.807) is 24.3 Å². The number of thioether (sulfide) groups is 1. The van der Waals surface area contributed by atoms with Crippen LogP contribution in [-0.2, 0) is 13.6 Å². The van der Waals surface area contributed by atoms with Gasteiger partial charge in [0.2, 0.25) is 0 Å². The molecule has 0 aliphatic carbocycles. The molecule has 0 spiro atoms. The molecule has 4 aromatic rings. The second-order valence-electron chi connectivity index (χ2n) is 8.16. The largest absolute Gasteiger partial charge is 0.384 e. The highest BCUT2D eigenvalue weighted by atomic mass is 32.2. The minimum absolute atomic E-state index is 0.145. The molecule has 35 heavy (non-hydrogen) atoms. The number of nitrogens with zero attached hydrogens (tertiary/aromatic N) is 4. The Morgan fingerprint density at radius 1 is 1.03 bits per heavy atom. The van der Waals surface area contributed by atoms with Crippen molar-refractivity contribution in [2.75, 3.05) is 11.5 Å². The van der Waals surface area contributed by atoms with Crippen molar-refractivity contribution in [3.63, 3.8) is 0 Å². The van der Waals surface area contributed by atoms with Crippen LogP contribution in [-0.4, -0.2) is 30.2 Å². The summed E-state index contributed by atoms with van der Waals surface area (Å²) in [5.74, 6) is -0.885. The lowest BCUT2D eigenvalue weighted by atomic mass is 10.2. The normalized spacial score (nSPS) is 11.2. The number of hydrogen-bond acceptors (Lipinski definition) is 7. The van der Waals surface area contributed by atoms with Gasteiger partial charge in [-0.05, 0) is 37.6 Å². The van der Waals surface area contributed by atoms with Gasteiger partial charge in [-0.1, -0.05) is 48.5 Å². The molecule has 0 bridgehead atoms. The summed E-state index contributed by atoms with van der Waals surface area (Å²) in [5, 5.41) is 0.761. The monoisotopic (exact) mass is 491 g/mol. The second kappa shape index (κ2) is 9.75. The summed E-state index contributed by atoms with van der Waals surface area (Å²) in [6, 6.07) is 14.4. The molecule has 0 saturated carbocycles. The van der Waals surface area contributed by atoms with Gasteiger partial charge >= 0.3 is 5.69 Å². The van der Waals surface area contributed by atoms with Crippen molar-refractivity contribution in [3.05, 3.63) is 90.8 Å². The van der Waals surface area contributed by atoms with Gasteiger partial charge in [0.15, 0.2) is 10.9 Å². The van der Waals surface area contributed by atoms with Gasteiger partial charge in [-0.3, -0.25) is 28.1 Å². The second-order valence-corrected chi connectivity index (χ2v) is 9.10. The van der Waals surface area contributed by atoms with Gasteiger partial charge < -0.3 is 5.73 Å². The molecule has 0 fully saturated rings. The molecule has 0 saturated heterocycles. The van der Waals surface area contributed by atoms with E-state index in [9.17, 15) is 19.2 Å². The zero-order valence-corrected chi connectivity index (χ0v) is 20.5. The molecule has 4 rings (SSSR count). The molecular weight excluding hydrogens is 466 g/mol. The first-order chi connectivity index (χ1) is 16.7. The smallest absolute Gasteiger partial charge is 0.332 e. The average Bonchev–Trinajstić information content (AvgIpc) is 2.85. The number of para-hydroxylation sites is 1. The van der Waals surface area contributed by atoms with Crippen LogP contribution in [0.1, 0.15) is 29.3 Å². The molecule has 2 aromatic heterocycles. The summed E-state index contributed by atoms with van der Waals surface area (Å²) < 4.78 is 3.58. The maximum atomic E-state index is 13.4. The number of benzene rings is 2. The van der Waals surface area contributed by atoms with E-state index in [4.69, 9.17) is 5.73 Å². The molecule has 2 heterocycles. The van der Waals surface area contributed by atoms with Crippen molar-refractivity contribution in [2.24, 2.45) is 7.05 Å². The van der Waals surface area contributed by atoms with E-state index in [2.05, 4.69) is 4.98 Å². The van der Waals surface area contributed by atoms with E-state index in [1.807, 2.05) is 38.1 Å². The van der Waals surface area contributed by atoms with Gasteiger partial charge in [0.05, 0.1) is 22.3 Å². The van der Waals surface area contributed by atoms with E-state index >= 15 is 0 Å². The molecule has 2 N–H and O–H groups in total. The lowest BCUT2D eigenvalue weighted by Crippen LogP contribution is -2.42. The lowest BCUT2D eigenvalue weighted by Gasteiger charge is -2.15. The number of nitrogen functional groups attached to an aromatic ring is 1. The number of carbonyl (C=O) groups excluding carboxylic acids is 1. The van der Waals surface area contributed by atoms with Crippen LogP contribution in [0.2, 0.25) is 0 Å². The van der Waals surface area contributed by atoms with Crippen LogP contribution in [0, 0.1) is 6.92 Å². The van der Waals surface area contributed by atoms with Crippen LogP contribution in [0.4, 0.5) is 5.82 Å². The topological polar surface area (TPSA) is 122 Å². The highest BCUT2D eigenvalue weighted by Gasteiger charge is 2.22. The number of rotatable bonds is 7. The number of anilines is 1. The Morgan fingerprint density at radius 2 is 1.71 bits per heavy atom. The molecular formula is C25H25N5O4S. The average molecular weight is 492 g/mol. The number of ketones is 1. The fraction of sp³-hybridized carbons (Fsp3) is 0.240. The highest BCUT2D eigenvalue weighted by molar-refractivity contribution is 7.99. The molecule has 0 atom stereocenters. The van der Waals surface area contributed by atoms with Crippen LogP contribution in [0.15, 0.2) is 68.1 Å². The quantitative estimate of drug-likeness (QED) is 0.239. The molecule has 0 radical (unpaired) electrons. The summed E-state index contributed by atoms with van der Waals surface area (Å²) >= 11 is 1.04. The molecule has 2 aromatic carbocycles. The van der Waals surface area contributed by atoms with E-state index in [0.717, 1.165) is 21.9 Å². The number of aryl methyl sites for hydroxylation is 1. The number of Topliss-reactive ketones (excluding diaryl/α,β-unsaturated/α-hetero) is 1. The Bertz CT molecular complexity index is 1620. The van der Waals surface area contributed by atoms with Crippen molar-refractivity contribution in [3.8, 4) is 5.69 Å². The van der Waals surface area contributed by atoms with Crippen LogP contribution in [0.3, 0.4) is 0 Å². The van der Waals surface area contributed by atoms with Gasteiger partial charge in [-0.25, -0.2) is 9.78 Å². The number of hydrogen-bond donors (Lipinski definition) is 1. The summed E-state index contributed by atoms with van der Waals surface area (Å²) in [4.78, 5) is 56.3. The van der Waals surface area contributed by atoms with E-state index in [-0.39, 0.29) is 29.2 Å². The number of nitrogens with two attached hydrogens (primary N) is 1. The van der Waals surface area contributed by atoms with Crippen LogP contribution in [0.25, 0.3) is 16.6 Å². The SMILES string of the molecule is CCCn1c(N)c(C(=O)CSc2nc3ccccc3c(=O)n2-c2ccc(C)cc2)c(=O)n(C)c1=O. The van der Waals surface area contributed by atoms with Gasteiger partial charge in [-0.15, -0.1) is 0 Å². The van der Waals surface area contributed by atoms with Gasteiger partial charge in [-0.2, -0.15) is 0 Å². The van der Waals surface area contributed by atoms with Crippen LogP contribution >= 0.6 is 11.8 Å². The first kappa shape index (κ1) is 24.2. The summed E-state index contributed by atoms with van der Waals surface area (Å²) in [5.41, 5.74) is 6.43. The molecule has 10 heteroatoms. The Labute approximate surface area is 204 Å². The number of fused-ring (bicyclic) bond motifs is 1.